The quantitative estimate of drug-likeness (QED) is 0.780. The van der Waals surface area contributed by atoms with Crippen molar-refractivity contribution in [3.8, 4) is 0 Å². The Morgan fingerprint density at radius 1 is 1.33 bits per heavy atom. The van der Waals surface area contributed by atoms with Crippen LogP contribution in [0.2, 0.25) is 0 Å². The van der Waals surface area contributed by atoms with E-state index < -0.39 is 0 Å². The van der Waals surface area contributed by atoms with Crippen molar-refractivity contribution in [1.29, 1.82) is 0 Å². The Kier molecular flexibility index (Phi) is 5.01. The molecule has 2 aliphatic heterocycles. The first kappa shape index (κ1) is 14.3. The van der Waals surface area contributed by atoms with Gasteiger partial charge in [-0.2, -0.15) is 0 Å². The first-order valence-electron chi connectivity index (χ1n) is 7.36. The summed E-state index contributed by atoms with van der Waals surface area (Å²) in [5, 5.41) is 3.32. The highest BCUT2D eigenvalue weighted by atomic mass is 16.5. The Morgan fingerprint density at radius 2 is 2.17 bits per heavy atom. The minimum atomic E-state index is 0.413. The molecule has 2 aliphatic rings. The minimum absolute atomic E-state index is 0.413. The van der Waals surface area contributed by atoms with Gasteiger partial charge in [-0.15, -0.1) is 0 Å². The van der Waals surface area contributed by atoms with Gasteiger partial charge in [0.1, 0.15) is 0 Å². The molecule has 0 aromatic heterocycles. The molecule has 2 saturated heterocycles. The maximum atomic E-state index is 5.90. The number of likely N-dealkylation sites (tertiary alicyclic amines) is 1. The number of rotatable bonds is 5. The van der Waals surface area contributed by atoms with Crippen molar-refractivity contribution in [2.45, 2.75) is 26.4 Å². The molecule has 4 heteroatoms. The van der Waals surface area contributed by atoms with E-state index in [-0.39, 0.29) is 0 Å². The highest BCUT2D eigenvalue weighted by Crippen LogP contribution is 2.29. The van der Waals surface area contributed by atoms with Crippen molar-refractivity contribution in [3.63, 3.8) is 0 Å². The second-order valence-corrected chi connectivity index (χ2v) is 6.21. The van der Waals surface area contributed by atoms with E-state index in [1.807, 2.05) is 0 Å². The third kappa shape index (κ3) is 3.67. The van der Waals surface area contributed by atoms with Crippen molar-refractivity contribution in [3.05, 3.63) is 0 Å². The van der Waals surface area contributed by atoms with Crippen molar-refractivity contribution in [2.75, 3.05) is 59.5 Å². The van der Waals surface area contributed by atoms with Crippen molar-refractivity contribution in [2.24, 2.45) is 5.41 Å². The molecule has 0 aliphatic carbocycles. The average molecular weight is 255 g/mol. The van der Waals surface area contributed by atoms with Gasteiger partial charge in [0.05, 0.1) is 12.7 Å². The Labute approximate surface area is 112 Å². The topological polar surface area (TPSA) is 27.7 Å². The number of ether oxygens (including phenoxy) is 1. The Morgan fingerprint density at radius 3 is 2.89 bits per heavy atom. The molecule has 0 spiro atoms. The lowest BCUT2D eigenvalue weighted by Gasteiger charge is -2.34. The van der Waals surface area contributed by atoms with Crippen molar-refractivity contribution < 1.29 is 4.74 Å². The molecule has 2 heterocycles. The summed E-state index contributed by atoms with van der Waals surface area (Å²) in [6.07, 6.45) is 1.72. The molecular formula is C14H29N3O. The van der Waals surface area contributed by atoms with E-state index >= 15 is 0 Å². The Balaban J connectivity index is 1.77. The van der Waals surface area contributed by atoms with Crippen molar-refractivity contribution >= 4 is 0 Å². The number of likely N-dealkylation sites (N-methyl/N-ethyl adjacent to an activating group) is 1. The number of hydrogen-bond donors (Lipinski definition) is 1. The predicted octanol–water partition coefficient (Wildman–Crippen LogP) is 0.639. The molecule has 0 saturated carbocycles. The highest BCUT2D eigenvalue weighted by molar-refractivity contribution is 4.89. The molecular weight excluding hydrogens is 226 g/mol. The van der Waals surface area contributed by atoms with E-state index in [2.05, 4.69) is 36.0 Å². The monoisotopic (exact) mass is 255 g/mol. The molecule has 18 heavy (non-hydrogen) atoms. The van der Waals surface area contributed by atoms with Gasteiger partial charge in [-0.1, -0.05) is 13.8 Å². The summed E-state index contributed by atoms with van der Waals surface area (Å²) in [6.45, 7) is 13.6. The van der Waals surface area contributed by atoms with Crippen LogP contribution in [0.1, 0.15) is 20.3 Å². The SMILES string of the molecule is CCN1CCOC(CN2CCC(C)(CNC)C2)C1. The largest absolute Gasteiger partial charge is 0.374 e. The molecule has 2 atom stereocenters. The van der Waals surface area contributed by atoms with E-state index in [9.17, 15) is 0 Å². The second kappa shape index (κ2) is 6.33. The van der Waals surface area contributed by atoms with Crippen LogP contribution < -0.4 is 5.32 Å². The zero-order valence-corrected chi connectivity index (χ0v) is 12.2. The lowest BCUT2D eigenvalue weighted by atomic mass is 9.90. The highest BCUT2D eigenvalue weighted by Gasteiger charge is 2.34. The zero-order valence-electron chi connectivity index (χ0n) is 12.2. The molecule has 1 N–H and O–H groups in total. The van der Waals surface area contributed by atoms with Crippen molar-refractivity contribution in [1.82, 2.24) is 15.1 Å². The van der Waals surface area contributed by atoms with Crippen LogP contribution in [0.3, 0.4) is 0 Å². The Hall–Kier alpha value is -0.160. The molecule has 0 aromatic rings. The predicted molar refractivity (Wildman–Crippen MR) is 74.9 cm³/mol. The molecule has 0 radical (unpaired) electrons. The summed E-state index contributed by atoms with van der Waals surface area (Å²) in [4.78, 5) is 5.08. The first-order valence-corrected chi connectivity index (χ1v) is 7.36. The average Bonchev–Trinajstić information content (AvgIpc) is 2.71. The van der Waals surface area contributed by atoms with E-state index in [0.29, 0.717) is 11.5 Å². The van der Waals surface area contributed by atoms with Gasteiger partial charge < -0.3 is 15.0 Å². The minimum Gasteiger partial charge on any atom is -0.374 e. The van der Waals surface area contributed by atoms with Crippen LogP contribution in [0, 0.1) is 5.41 Å². The van der Waals surface area contributed by atoms with Crippen LogP contribution in [-0.4, -0.2) is 75.4 Å². The fourth-order valence-corrected chi connectivity index (χ4v) is 3.32. The van der Waals surface area contributed by atoms with Crippen LogP contribution in [0.5, 0.6) is 0 Å². The van der Waals surface area contributed by atoms with Crippen LogP contribution in [0.4, 0.5) is 0 Å². The molecule has 2 rings (SSSR count). The van der Waals surface area contributed by atoms with Gasteiger partial charge in [-0.05, 0) is 32.0 Å². The molecule has 4 nitrogen and oxygen atoms in total. The summed E-state index contributed by atoms with van der Waals surface area (Å²) < 4.78 is 5.90. The van der Waals surface area contributed by atoms with Gasteiger partial charge >= 0.3 is 0 Å². The molecule has 2 fully saturated rings. The lowest BCUT2D eigenvalue weighted by Crippen LogP contribution is -2.47. The van der Waals surface area contributed by atoms with Gasteiger partial charge in [0.15, 0.2) is 0 Å². The van der Waals surface area contributed by atoms with Gasteiger partial charge in [0, 0.05) is 32.7 Å². The van der Waals surface area contributed by atoms with E-state index in [0.717, 1.165) is 39.3 Å². The van der Waals surface area contributed by atoms with Gasteiger partial charge in [-0.25, -0.2) is 0 Å². The second-order valence-electron chi connectivity index (χ2n) is 6.21. The maximum absolute atomic E-state index is 5.90. The molecule has 2 unspecified atom stereocenters. The van der Waals surface area contributed by atoms with Gasteiger partial charge in [-0.3, -0.25) is 4.90 Å². The fraction of sp³-hybridized carbons (Fsp3) is 1.00. The molecule has 106 valence electrons. The summed E-state index contributed by atoms with van der Waals surface area (Å²) in [6, 6.07) is 0. The summed E-state index contributed by atoms with van der Waals surface area (Å²) in [5.41, 5.74) is 0.452. The van der Waals surface area contributed by atoms with Crippen LogP contribution in [-0.2, 0) is 4.74 Å². The maximum Gasteiger partial charge on any atom is 0.0829 e. The third-order valence-corrected chi connectivity index (χ3v) is 4.37. The zero-order chi connectivity index (χ0) is 13.0. The molecule has 0 bridgehead atoms. The van der Waals surface area contributed by atoms with Crippen LogP contribution in [0.15, 0.2) is 0 Å². The smallest absolute Gasteiger partial charge is 0.0829 e. The Bertz CT molecular complexity index is 261. The van der Waals surface area contributed by atoms with Crippen LogP contribution >= 0.6 is 0 Å². The fourth-order valence-electron chi connectivity index (χ4n) is 3.32. The number of morpholine rings is 1. The van der Waals surface area contributed by atoms with E-state index in [1.54, 1.807) is 0 Å². The summed E-state index contributed by atoms with van der Waals surface area (Å²) >= 11 is 0. The number of nitrogens with zero attached hydrogens (tertiary/aromatic N) is 2. The third-order valence-electron chi connectivity index (χ3n) is 4.37. The normalized spacial score (nSPS) is 35.2. The number of nitrogens with one attached hydrogen (secondary N) is 1. The first-order chi connectivity index (χ1) is 8.65. The van der Waals surface area contributed by atoms with E-state index in [1.165, 1.54) is 19.5 Å². The summed E-state index contributed by atoms with van der Waals surface area (Å²) in [5.74, 6) is 0. The standard InChI is InChI=1S/C14H29N3O/c1-4-16-7-8-18-13(9-16)10-17-6-5-14(2,12-17)11-15-3/h13,15H,4-12H2,1-3H3. The molecule has 0 aromatic carbocycles. The summed E-state index contributed by atoms with van der Waals surface area (Å²) in [7, 11) is 2.05. The lowest BCUT2D eigenvalue weighted by molar-refractivity contribution is -0.0401. The van der Waals surface area contributed by atoms with Gasteiger partial charge in [0.2, 0.25) is 0 Å². The number of hydrogen-bond acceptors (Lipinski definition) is 4. The van der Waals surface area contributed by atoms with Gasteiger partial charge in [0.25, 0.3) is 0 Å². The van der Waals surface area contributed by atoms with Crippen LogP contribution in [0.25, 0.3) is 0 Å². The molecule has 0 amide bonds. The van der Waals surface area contributed by atoms with E-state index in [4.69, 9.17) is 4.74 Å².